The van der Waals surface area contributed by atoms with Crippen LogP contribution in [0.2, 0.25) is 5.28 Å². The zero-order valence-electron chi connectivity index (χ0n) is 20.2. The summed E-state index contributed by atoms with van der Waals surface area (Å²) < 4.78 is 40.1. The van der Waals surface area contributed by atoms with Gasteiger partial charge in [0.25, 0.3) is 0 Å². The molecule has 2 aromatic rings. The highest BCUT2D eigenvalue weighted by molar-refractivity contribution is 7.70. The van der Waals surface area contributed by atoms with Crippen molar-refractivity contribution in [3.05, 3.63) is 11.6 Å². The first kappa shape index (κ1) is 28.8. The topological polar surface area (TPSA) is 239 Å². The first-order chi connectivity index (χ1) is 18.3. The van der Waals surface area contributed by atoms with Gasteiger partial charge in [0.1, 0.15) is 24.4 Å². The van der Waals surface area contributed by atoms with Crippen molar-refractivity contribution in [1.29, 1.82) is 0 Å². The summed E-state index contributed by atoms with van der Waals surface area (Å²) in [6, 6.07) is 0. The van der Waals surface area contributed by atoms with Gasteiger partial charge in [-0.05, 0) is 43.5 Å². The van der Waals surface area contributed by atoms with E-state index in [1.165, 1.54) is 10.9 Å². The van der Waals surface area contributed by atoms with E-state index in [-0.39, 0.29) is 34.3 Å². The fourth-order valence-corrected chi connectivity index (χ4v) is 7.77. The highest BCUT2D eigenvalue weighted by Crippen LogP contribution is 2.55. The van der Waals surface area contributed by atoms with Gasteiger partial charge in [0.05, 0.1) is 12.9 Å². The molecule has 4 aliphatic heterocycles. The average molecular weight is 613 g/mol. The van der Waals surface area contributed by atoms with E-state index in [9.17, 15) is 29.0 Å². The third-order valence-electron chi connectivity index (χ3n) is 6.88. The number of aliphatic hydroxyl groups is 2. The monoisotopic (exact) mass is 612 g/mol. The van der Waals surface area contributed by atoms with Gasteiger partial charge in [-0.3, -0.25) is 23.9 Å². The Labute approximate surface area is 225 Å². The van der Waals surface area contributed by atoms with Crippen LogP contribution in [0.1, 0.15) is 19.1 Å². The maximum atomic E-state index is 12.7. The van der Waals surface area contributed by atoms with E-state index in [2.05, 4.69) is 25.2 Å². The quantitative estimate of drug-likeness (QED) is 0.171. The first-order valence-electron chi connectivity index (χ1n) is 11.9. The van der Waals surface area contributed by atoms with E-state index in [0.29, 0.717) is 6.54 Å². The van der Waals surface area contributed by atoms with Crippen LogP contribution in [0.15, 0.2) is 6.33 Å². The highest BCUT2D eigenvalue weighted by Gasteiger charge is 2.46. The van der Waals surface area contributed by atoms with Crippen molar-refractivity contribution >= 4 is 49.9 Å². The molecule has 0 aliphatic carbocycles. The molecule has 2 aromatic heterocycles. The van der Waals surface area contributed by atoms with Crippen LogP contribution in [0.5, 0.6) is 0 Å². The van der Waals surface area contributed by atoms with Gasteiger partial charge in [-0.2, -0.15) is 9.97 Å². The predicted octanol–water partition coefficient (Wildman–Crippen LogP) is 0.0788. The fraction of sp³-hybridized carbons (Fsp3) is 0.684. The minimum Gasteiger partial charge on any atom is -0.444 e. The summed E-state index contributed by atoms with van der Waals surface area (Å²) in [7, 11) is -9.58. The second-order valence-electron chi connectivity index (χ2n) is 9.66. The van der Waals surface area contributed by atoms with Crippen molar-refractivity contribution < 1.29 is 52.8 Å². The summed E-state index contributed by atoms with van der Waals surface area (Å²) in [5.41, 5.74) is 0.108. The van der Waals surface area contributed by atoms with Gasteiger partial charge in [-0.15, -0.1) is 0 Å². The van der Waals surface area contributed by atoms with Gasteiger partial charge in [0, 0.05) is 6.54 Å². The number of anilines is 1. The molecule has 1 amide bonds. The largest absolute Gasteiger partial charge is 0.444 e. The number of nitrogens with one attached hydrogen (secondary N) is 1. The zero-order chi connectivity index (χ0) is 28.1. The van der Waals surface area contributed by atoms with Crippen LogP contribution in [0.4, 0.5) is 10.6 Å². The molecule has 0 saturated carbocycles. The van der Waals surface area contributed by atoms with Crippen LogP contribution in [-0.4, -0.2) is 112 Å². The molecule has 0 radical (unpaired) electrons. The summed E-state index contributed by atoms with van der Waals surface area (Å²) in [6.45, 7) is 1.86. The molecule has 4 aliphatic rings. The number of halogens is 1. The molecule has 6 N–H and O–H groups in total. The Morgan fingerprint density at radius 1 is 1.18 bits per heavy atom. The maximum absolute atomic E-state index is 12.7. The molecule has 17 nitrogen and oxygen atoms in total. The maximum Gasteiger partial charge on any atom is 0.413 e. The number of fused-ring (bicyclic) bond motifs is 4. The standard InChI is InChI=1S/C19H27ClN6O11P2/c20-18-22-15(23-19(29)37-10-5-25-3-1-9(10)2-4-25)12-16(24-18)26(7-21-12)17-14(28)13(27)11(36-17)6-35-39(33,34)8-38(30,31)32/h7,9-11,13-14,17,27-28H,1-6,8H2,(H,33,34)(H2,30,31,32)(H,22,23,24,29)/t10?,11-,13+,14+,17-/m1/s1. The van der Waals surface area contributed by atoms with E-state index in [4.69, 9.17) is 35.4 Å². The zero-order valence-corrected chi connectivity index (χ0v) is 22.7. The molecular formula is C19H27ClN6O11P2. The number of nitrogens with zero attached hydrogens (tertiary/aromatic N) is 5. The molecule has 20 heteroatoms. The summed E-state index contributed by atoms with van der Waals surface area (Å²) in [4.78, 5) is 54.7. The lowest BCUT2D eigenvalue weighted by Crippen LogP contribution is -2.52. The molecular weight excluding hydrogens is 586 g/mol. The summed E-state index contributed by atoms with van der Waals surface area (Å²) in [5, 5.41) is 23.3. The van der Waals surface area contributed by atoms with Crippen LogP contribution < -0.4 is 5.32 Å². The van der Waals surface area contributed by atoms with Crippen LogP contribution in [0.3, 0.4) is 0 Å². The molecule has 6 rings (SSSR count). The SMILES string of the molecule is O=C(Nc1nc(Cl)nc2c1ncn2[C@@H]1O[C@H](COP(=O)(O)CP(=O)(O)O)[C@H](O)[C@@H]1O)OC1CN2CCC1CC2. The molecule has 6 atom stereocenters. The Kier molecular flexibility index (Phi) is 8.05. The number of carbonyl (C=O) groups excluding carboxylic acids is 1. The number of rotatable bonds is 8. The number of amides is 1. The number of ether oxygens (including phenoxy) is 2. The van der Waals surface area contributed by atoms with Gasteiger partial charge in [-0.25, -0.2) is 9.78 Å². The van der Waals surface area contributed by atoms with Crippen LogP contribution in [-0.2, 0) is 23.1 Å². The molecule has 2 bridgehead atoms. The molecule has 6 heterocycles. The number of aromatic nitrogens is 4. The minimum absolute atomic E-state index is 0.0280. The predicted molar refractivity (Wildman–Crippen MR) is 132 cm³/mol. The van der Waals surface area contributed by atoms with Crippen molar-refractivity contribution in [3.63, 3.8) is 0 Å². The van der Waals surface area contributed by atoms with Crippen LogP contribution >= 0.6 is 26.8 Å². The molecule has 4 saturated heterocycles. The molecule has 0 aromatic carbocycles. The summed E-state index contributed by atoms with van der Waals surface area (Å²) >= 11 is 6.08. The number of hydrogen-bond donors (Lipinski definition) is 6. The number of imidazole rings is 1. The van der Waals surface area contributed by atoms with Gasteiger partial charge in [0.2, 0.25) is 5.28 Å². The normalized spacial score (nSPS) is 32.3. The average Bonchev–Trinajstić information content (AvgIpc) is 3.38. The van der Waals surface area contributed by atoms with Gasteiger partial charge in [-0.1, -0.05) is 0 Å². The summed E-state index contributed by atoms with van der Waals surface area (Å²) in [6.07, 6.45) is -3.78. The number of aliphatic hydroxyl groups excluding tert-OH is 2. The van der Waals surface area contributed by atoms with Crippen molar-refractivity contribution in [1.82, 2.24) is 24.4 Å². The minimum atomic E-state index is -4.86. The lowest BCUT2D eigenvalue weighted by molar-refractivity contribution is -0.0483. The Balaban J connectivity index is 1.29. The molecule has 4 fully saturated rings. The lowest BCUT2D eigenvalue weighted by atomic mass is 9.86. The Bertz CT molecular complexity index is 1330. The van der Waals surface area contributed by atoms with Gasteiger partial charge < -0.3 is 38.9 Å². The number of hydrogen-bond acceptors (Lipinski definition) is 12. The van der Waals surface area contributed by atoms with Crippen molar-refractivity contribution in [2.45, 2.75) is 43.5 Å². The summed E-state index contributed by atoms with van der Waals surface area (Å²) in [5.74, 6) is -1.19. The Morgan fingerprint density at radius 2 is 1.90 bits per heavy atom. The van der Waals surface area contributed by atoms with Crippen molar-refractivity contribution in [3.8, 4) is 0 Å². The highest BCUT2D eigenvalue weighted by atomic mass is 35.5. The van der Waals surface area contributed by atoms with Crippen molar-refractivity contribution in [2.75, 3.05) is 37.5 Å². The van der Waals surface area contributed by atoms with E-state index in [0.717, 1.165) is 25.9 Å². The third kappa shape index (κ3) is 6.44. The second kappa shape index (κ2) is 10.9. The van der Waals surface area contributed by atoms with Crippen molar-refractivity contribution in [2.24, 2.45) is 5.92 Å². The first-order valence-corrected chi connectivity index (χ1v) is 15.9. The van der Waals surface area contributed by atoms with Gasteiger partial charge >= 0.3 is 21.3 Å². The second-order valence-corrected chi connectivity index (χ2v) is 14.0. The number of carbonyl (C=O) groups is 1. The molecule has 39 heavy (non-hydrogen) atoms. The van der Waals surface area contributed by atoms with E-state index in [1.807, 2.05) is 0 Å². The molecule has 0 spiro atoms. The molecule has 2 unspecified atom stereocenters. The fourth-order valence-electron chi connectivity index (χ4n) is 5.03. The van der Waals surface area contributed by atoms with E-state index >= 15 is 0 Å². The smallest absolute Gasteiger partial charge is 0.413 e. The third-order valence-corrected chi connectivity index (χ3v) is 10.5. The lowest BCUT2D eigenvalue weighted by Gasteiger charge is -2.43. The van der Waals surface area contributed by atoms with E-state index < -0.39 is 58.3 Å². The Hall–Kier alpha value is -1.75. The Morgan fingerprint density at radius 3 is 2.54 bits per heavy atom. The van der Waals surface area contributed by atoms with Gasteiger partial charge in [0.15, 0.2) is 29.1 Å². The van der Waals surface area contributed by atoms with E-state index in [1.54, 1.807) is 0 Å². The van der Waals surface area contributed by atoms with Crippen LogP contribution in [0, 0.1) is 5.92 Å². The molecule has 216 valence electrons. The number of piperidine rings is 3. The van der Waals surface area contributed by atoms with Crippen LogP contribution in [0.25, 0.3) is 11.2 Å².